The Morgan fingerprint density at radius 2 is 1.79 bits per heavy atom. The Bertz CT molecular complexity index is 1260. The third kappa shape index (κ3) is 5.04. The van der Waals surface area contributed by atoms with Crippen LogP contribution in [0.3, 0.4) is 0 Å². The summed E-state index contributed by atoms with van der Waals surface area (Å²) in [6, 6.07) is 8.18. The first-order chi connectivity index (χ1) is 20.4. The van der Waals surface area contributed by atoms with Crippen molar-refractivity contribution in [3.8, 4) is 0 Å². The van der Waals surface area contributed by atoms with Crippen LogP contribution < -0.4 is 5.32 Å². The number of cyclic esters (lactones) is 1. The second-order valence-corrected chi connectivity index (χ2v) is 11.9. The number of carbonyl (C=O) groups excluding carboxylic acids is 4. The average molecular weight is 578 g/mol. The van der Waals surface area contributed by atoms with Crippen molar-refractivity contribution in [3.63, 3.8) is 0 Å². The number of nitrogens with zero attached hydrogens (tertiary/aromatic N) is 2. The number of carbonyl (C=O) groups is 4. The normalized spacial score (nSPS) is 34.8. The highest BCUT2D eigenvalue weighted by atomic mass is 16.6. The van der Waals surface area contributed by atoms with E-state index in [1.54, 1.807) is 12.2 Å². The molecule has 10 nitrogen and oxygen atoms in total. The molecule has 1 spiro atoms. The zero-order valence-corrected chi connectivity index (χ0v) is 23.7. The van der Waals surface area contributed by atoms with E-state index in [9.17, 15) is 24.3 Å². The lowest BCUT2D eigenvalue weighted by Crippen LogP contribution is -2.58. The number of hydrogen-bond acceptors (Lipinski definition) is 7. The van der Waals surface area contributed by atoms with E-state index >= 15 is 0 Å². The van der Waals surface area contributed by atoms with Crippen LogP contribution in [0.25, 0.3) is 0 Å². The molecule has 4 aliphatic heterocycles. The van der Waals surface area contributed by atoms with Crippen LogP contribution in [0.2, 0.25) is 0 Å². The number of allylic oxidation sites excluding steroid dienone is 1. The van der Waals surface area contributed by atoms with E-state index in [4.69, 9.17) is 9.47 Å². The summed E-state index contributed by atoms with van der Waals surface area (Å²) in [5.41, 5.74) is -0.604. The number of esters is 1. The van der Waals surface area contributed by atoms with Crippen molar-refractivity contribution in [3.05, 3.63) is 60.2 Å². The van der Waals surface area contributed by atoms with Gasteiger partial charge < -0.3 is 29.7 Å². The molecule has 1 saturated carbocycles. The molecule has 2 N–H and O–H groups in total. The Kier molecular flexibility index (Phi) is 8.18. The number of ether oxygens (including phenoxy) is 2. The molecule has 4 heterocycles. The summed E-state index contributed by atoms with van der Waals surface area (Å²) < 4.78 is 12.5. The Morgan fingerprint density at radius 3 is 2.55 bits per heavy atom. The van der Waals surface area contributed by atoms with Gasteiger partial charge in [-0.25, -0.2) is 0 Å². The first kappa shape index (κ1) is 28.6. The fourth-order valence-electron chi connectivity index (χ4n) is 7.46. The number of fused-ring (bicyclic) bond motifs is 2. The molecule has 3 fully saturated rings. The van der Waals surface area contributed by atoms with Gasteiger partial charge in [0.1, 0.15) is 23.7 Å². The number of amides is 3. The van der Waals surface area contributed by atoms with E-state index in [0.29, 0.717) is 18.5 Å². The fourth-order valence-corrected chi connectivity index (χ4v) is 7.46. The zero-order valence-electron chi connectivity index (χ0n) is 23.7. The quantitative estimate of drug-likeness (QED) is 0.415. The average Bonchev–Trinajstić information content (AvgIpc) is 3.65. The Morgan fingerprint density at radius 1 is 1.00 bits per heavy atom. The molecule has 42 heavy (non-hydrogen) atoms. The van der Waals surface area contributed by atoms with Gasteiger partial charge in [-0.05, 0) is 24.8 Å². The number of hydrogen-bond donors (Lipinski definition) is 2. The maximum absolute atomic E-state index is 14.5. The number of benzene rings is 1. The molecule has 1 aliphatic carbocycles. The summed E-state index contributed by atoms with van der Waals surface area (Å²) in [6.07, 6.45) is 11.5. The van der Waals surface area contributed by atoms with Gasteiger partial charge in [-0.15, -0.1) is 0 Å². The Labute approximate surface area is 245 Å². The summed E-state index contributed by atoms with van der Waals surface area (Å²) in [5.74, 6) is -3.31. The van der Waals surface area contributed by atoms with Crippen molar-refractivity contribution >= 4 is 23.7 Å². The third-order valence-electron chi connectivity index (χ3n) is 9.44. The summed E-state index contributed by atoms with van der Waals surface area (Å²) in [5, 5.41) is 12.8. The smallest absolute Gasteiger partial charge is 0.313 e. The minimum atomic E-state index is -1.32. The molecule has 1 aromatic carbocycles. The minimum absolute atomic E-state index is 0.0118. The molecular weight excluding hydrogens is 538 g/mol. The highest BCUT2D eigenvalue weighted by molar-refractivity contribution is 5.99. The molecule has 0 unspecified atom stereocenters. The van der Waals surface area contributed by atoms with Crippen LogP contribution in [-0.2, 0) is 28.7 Å². The topological polar surface area (TPSA) is 125 Å². The summed E-state index contributed by atoms with van der Waals surface area (Å²) in [6.45, 7) is 0.0748. The monoisotopic (exact) mass is 577 g/mol. The number of aliphatic hydroxyl groups excluding tert-OH is 1. The van der Waals surface area contributed by atoms with Crippen LogP contribution in [0.5, 0.6) is 0 Å². The lowest BCUT2D eigenvalue weighted by molar-refractivity contribution is -0.160. The van der Waals surface area contributed by atoms with Crippen LogP contribution in [0.15, 0.2) is 54.6 Å². The molecule has 224 valence electrons. The van der Waals surface area contributed by atoms with Gasteiger partial charge in [-0.3, -0.25) is 19.2 Å². The van der Waals surface area contributed by atoms with Gasteiger partial charge in [0.15, 0.2) is 0 Å². The highest BCUT2D eigenvalue weighted by Crippen LogP contribution is 2.56. The molecule has 3 amide bonds. The van der Waals surface area contributed by atoms with Crippen LogP contribution in [-0.4, -0.2) is 88.6 Å². The van der Waals surface area contributed by atoms with Crippen LogP contribution in [0, 0.1) is 11.8 Å². The standard InChI is InChI=1S/C32H39N3O7/c36-19-18-35-28-30(39)34(22-12-6-2-7-13-22)17-9-3-8-14-25(37)33-20-24(21-10-4-1-5-11-21)41-31(40)26-23-15-16-32(28,42-23)27(26)29(35)38/h1,3-5,9-11,15-16,22-24,26-28,36H,2,6-8,12-14,17-20H2,(H,33,37)/b9-3-/t23-,24-,26+,27+,28-,32+/m0/s1. The first-order valence-corrected chi connectivity index (χ1v) is 15.2. The molecule has 10 heteroatoms. The third-order valence-corrected chi connectivity index (χ3v) is 9.44. The molecule has 1 aromatic rings. The predicted octanol–water partition coefficient (Wildman–Crippen LogP) is 2.04. The number of nitrogens with one attached hydrogen (secondary N) is 1. The van der Waals surface area contributed by atoms with Crippen molar-refractivity contribution in [2.75, 3.05) is 26.2 Å². The van der Waals surface area contributed by atoms with E-state index in [2.05, 4.69) is 5.32 Å². The van der Waals surface area contributed by atoms with Gasteiger partial charge in [0.25, 0.3) is 0 Å². The minimum Gasteiger partial charge on any atom is -0.455 e. The van der Waals surface area contributed by atoms with E-state index in [1.165, 1.54) is 4.90 Å². The van der Waals surface area contributed by atoms with Gasteiger partial charge >= 0.3 is 5.97 Å². The molecule has 0 aromatic heterocycles. The van der Waals surface area contributed by atoms with Gasteiger partial charge in [-0.2, -0.15) is 0 Å². The van der Waals surface area contributed by atoms with Crippen molar-refractivity contribution in [1.29, 1.82) is 0 Å². The zero-order chi connectivity index (χ0) is 29.3. The van der Waals surface area contributed by atoms with Gasteiger partial charge in [0.05, 0.1) is 25.2 Å². The number of β-amino-alcohol motifs (C(OH)–C–C–N with tert-alkyl or cyclic N) is 1. The SMILES string of the molecule is O=C1CC/C=C\CN(C2CCCCC2)C(=O)[C@@H]2N(CCO)C(=O)[C@H]3[C@H](C(=O)O[C@H](c4ccccc4)CN1)[C@@H]1C=C[C@]23O1. The second kappa shape index (κ2) is 12.0. The fraction of sp³-hybridized carbons (Fsp3) is 0.562. The van der Waals surface area contributed by atoms with Crippen molar-refractivity contribution in [1.82, 2.24) is 15.1 Å². The largest absolute Gasteiger partial charge is 0.455 e. The molecule has 0 radical (unpaired) electrons. The van der Waals surface area contributed by atoms with E-state index < -0.39 is 41.7 Å². The maximum atomic E-state index is 14.5. The Balaban J connectivity index is 1.39. The van der Waals surface area contributed by atoms with Gasteiger partial charge in [0.2, 0.25) is 17.7 Å². The molecule has 2 saturated heterocycles. The van der Waals surface area contributed by atoms with E-state index in [-0.39, 0.29) is 49.9 Å². The van der Waals surface area contributed by atoms with Crippen molar-refractivity contribution in [2.24, 2.45) is 11.8 Å². The Hall–Kier alpha value is -3.50. The summed E-state index contributed by atoms with van der Waals surface area (Å²) in [7, 11) is 0. The number of likely N-dealkylation sites (tertiary alicyclic amines) is 1. The van der Waals surface area contributed by atoms with Crippen molar-refractivity contribution < 1.29 is 33.8 Å². The molecular formula is C32H39N3O7. The number of aliphatic hydroxyl groups is 1. The maximum Gasteiger partial charge on any atom is 0.313 e. The van der Waals surface area contributed by atoms with Gasteiger partial charge in [0, 0.05) is 25.6 Å². The number of rotatable bonds is 4. The summed E-state index contributed by atoms with van der Waals surface area (Å²) in [4.78, 5) is 58.4. The molecule has 5 bridgehead atoms. The van der Waals surface area contributed by atoms with Crippen LogP contribution in [0.4, 0.5) is 0 Å². The lowest BCUT2D eigenvalue weighted by atomic mass is 9.74. The second-order valence-electron chi connectivity index (χ2n) is 11.9. The van der Waals surface area contributed by atoms with E-state index in [1.807, 2.05) is 47.4 Å². The van der Waals surface area contributed by atoms with Gasteiger partial charge in [-0.1, -0.05) is 73.9 Å². The van der Waals surface area contributed by atoms with Crippen LogP contribution >= 0.6 is 0 Å². The highest BCUT2D eigenvalue weighted by Gasteiger charge is 2.73. The van der Waals surface area contributed by atoms with Crippen molar-refractivity contribution in [2.45, 2.75) is 74.8 Å². The molecule has 6 rings (SSSR count). The molecule has 5 aliphatic rings. The van der Waals surface area contributed by atoms with E-state index in [0.717, 1.165) is 32.1 Å². The lowest BCUT2D eigenvalue weighted by Gasteiger charge is -2.40. The van der Waals surface area contributed by atoms with Crippen LogP contribution in [0.1, 0.15) is 56.6 Å². The predicted molar refractivity (Wildman–Crippen MR) is 152 cm³/mol. The summed E-state index contributed by atoms with van der Waals surface area (Å²) >= 11 is 0. The molecule has 6 atom stereocenters. The first-order valence-electron chi connectivity index (χ1n) is 15.2.